The number of aromatic nitrogens is 1. The lowest BCUT2D eigenvalue weighted by molar-refractivity contribution is 0.0930. The Labute approximate surface area is 143 Å². The third-order valence-electron chi connectivity index (χ3n) is 4.02. The van der Waals surface area contributed by atoms with Gasteiger partial charge in [0.15, 0.2) is 0 Å². The van der Waals surface area contributed by atoms with E-state index in [0.717, 1.165) is 25.7 Å². The van der Waals surface area contributed by atoms with Crippen molar-refractivity contribution in [1.82, 2.24) is 10.5 Å². The monoisotopic (exact) mass is 329 g/mol. The van der Waals surface area contributed by atoms with E-state index in [0.29, 0.717) is 11.3 Å². The molecule has 0 aliphatic heterocycles. The molecule has 0 unspecified atom stereocenters. The summed E-state index contributed by atoms with van der Waals surface area (Å²) in [5.41, 5.74) is 7.53. The van der Waals surface area contributed by atoms with Gasteiger partial charge in [0.1, 0.15) is 17.5 Å². The molecule has 1 aromatic heterocycles. The number of nitrogens with zero attached hydrogens (tertiary/aromatic N) is 1. The molecule has 0 aliphatic carbocycles. The first-order valence-corrected chi connectivity index (χ1v) is 8.50. The quantitative estimate of drug-likeness (QED) is 0.778. The summed E-state index contributed by atoms with van der Waals surface area (Å²) in [7, 11) is 0. The van der Waals surface area contributed by atoms with Crippen molar-refractivity contribution in [3.63, 3.8) is 0 Å². The van der Waals surface area contributed by atoms with E-state index in [2.05, 4.69) is 29.5 Å². The minimum absolute atomic E-state index is 0.117. The second-order valence-corrected chi connectivity index (χ2v) is 6.78. The topological polar surface area (TPSA) is 81.2 Å². The zero-order valence-electron chi connectivity index (χ0n) is 14.7. The van der Waals surface area contributed by atoms with Crippen LogP contribution in [0.25, 0.3) is 0 Å². The van der Waals surface area contributed by atoms with E-state index < -0.39 is 5.54 Å². The maximum atomic E-state index is 12.6. The largest absolute Gasteiger partial charge is 0.364 e. The van der Waals surface area contributed by atoms with Gasteiger partial charge in [-0.2, -0.15) is 0 Å². The van der Waals surface area contributed by atoms with Gasteiger partial charge in [0.25, 0.3) is 5.91 Å². The Morgan fingerprint density at radius 2 is 2.00 bits per heavy atom. The van der Waals surface area contributed by atoms with E-state index >= 15 is 0 Å². The molecule has 3 N–H and O–H groups in total. The number of carbonyl (C=O) groups is 1. The second-order valence-electron chi connectivity index (χ2n) is 6.78. The molecule has 1 amide bonds. The van der Waals surface area contributed by atoms with Crippen LogP contribution in [0.3, 0.4) is 0 Å². The fourth-order valence-corrected chi connectivity index (χ4v) is 2.75. The van der Waals surface area contributed by atoms with Crippen LogP contribution in [0.2, 0.25) is 0 Å². The number of nitrogens with one attached hydrogen (secondary N) is 1. The normalized spacial score (nSPS) is 12.8. The van der Waals surface area contributed by atoms with Gasteiger partial charge < -0.3 is 15.6 Å². The minimum Gasteiger partial charge on any atom is -0.364 e. The van der Waals surface area contributed by atoms with Gasteiger partial charge >= 0.3 is 0 Å². The molecule has 2 rings (SSSR count). The number of amides is 1. The van der Waals surface area contributed by atoms with Crippen molar-refractivity contribution in [2.45, 2.75) is 58.0 Å². The zero-order chi connectivity index (χ0) is 17.6. The van der Waals surface area contributed by atoms with E-state index in [4.69, 9.17) is 10.3 Å². The summed E-state index contributed by atoms with van der Waals surface area (Å²) in [5, 5.41) is 7.00. The van der Waals surface area contributed by atoms with Crippen LogP contribution in [-0.2, 0) is 12.0 Å². The van der Waals surface area contributed by atoms with E-state index in [9.17, 15) is 4.79 Å². The van der Waals surface area contributed by atoms with Gasteiger partial charge in [-0.1, -0.05) is 48.8 Å². The smallest absolute Gasteiger partial charge is 0.256 e. The number of benzene rings is 1. The third-order valence-corrected chi connectivity index (χ3v) is 4.02. The molecule has 130 valence electrons. The Morgan fingerprint density at radius 3 is 2.62 bits per heavy atom. The average molecular weight is 329 g/mol. The molecule has 0 fully saturated rings. The van der Waals surface area contributed by atoms with Gasteiger partial charge in [0.2, 0.25) is 0 Å². The van der Waals surface area contributed by atoms with Crippen LogP contribution in [0.15, 0.2) is 41.1 Å². The molecule has 0 saturated heterocycles. The van der Waals surface area contributed by atoms with Gasteiger partial charge in [-0.05, 0) is 38.7 Å². The molecule has 5 heteroatoms. The van der Waals surface area contributed by atoms with Crippen LogP contribution < -0.4 is 11.1 Å². The summed E-state index contributed by atoms with van der Waals surface area (Å²) in [6.07, 6.45) is 5.16. The number of hydrogen-bond donors (Lipinski definition) is 2. The van der Waals surface area contributed by atoms with E-state index in [-0.39, 0.29) is 11.9 Å². The SMILES string of the molecule is CCC[C@@H](CCc1ccccc1)NC(=O)c1conc1C(C)(C)N. The highest BCUT2D eigenvalue weighted by Gasteiger charge is 2.27. The Hall–Kier alpha value is -2.14. The second kappa shape index (κ2) is 8.11. The third kappa shape index (κ3) is 4.93. The van der Waals surface area contributed by atoms with Crippen LogP contribution in [0.4, 0.5) is 0 Å². The standard InChI is InChI=1S/C19H27N3O2/c1-4-8-15(12-11-14-9-6-5-7-10-14)21-18(23)16-13-24-22-17(16)19(2,3)20/h5-7,9-10,13,15H,4,8,11-12,20H2,1-3H3,(H,21,23)/t15-/m0/s1. The highest BCUT2D eigenvalue weighted by molar-refractivity contribution is 5.95. The Kier molecular flexibility index (Phi) is 6.15. The molecule has 0 aliphatic rings. The molecule has 0 saturated carbocycles. The predicted octanol–water partition coefficient (Wildman–Crippen LogP) is 3.40. The van der Waals surface area contributed by atoms with Crippen LogP contribution in [0, 0.1) is 0 Å². The van der Waals surface area contributed by atoms with Crippen molar-refractivity contribution in [2.24, 2.45) is 5.73 Å². The number of aryl methyl sites for hydroxylation is 1. The maximum absolute atomic E-state index is 12.6. The van der Waals surface area contributed by atoms with Gasteiger partial charge in [-0.15, -0.1) is 0 Å². The first kappa shape index (κ1) is 18.2. The van der Waals surface area contributed by atoms with Crippen molar-refractivity contribution in [3.8, 4) is 0 Å². The Bertz CT molecular complexity index is 644. The number of carbonyl (C=O) groups excluding carboxylic acids is 1. The molecule has 1 heterocycles. The molecule has 0 radical (unpaired) electrons. The lowest BCUT2D eigenvalue weighted by Gasteiger charge is -2.20. The van der Waals surface area contributed by atoms with Gasteiger partial charge in [0, 0.05) is 6.04 Å². The van der Waals surface area contributed by atoms with Crippen molar-refractivity contribution in [2.75, 3.05) is 0 Å². The van der Waals surface area contributed by atoms with E-state index in [1.54, 1.807) is 13.8 Å². The number of hydrogen-bond acceptors (Lipinski definition) is 4. The molecule has 2 aromatic rings. The summed E-state index contributed by atoms with van der Waals surface area (Å²) in [6, 6.07) is 10.4. The van der Waals surface area contributed by atoms with Crippen molar-refractivity contribution < 1.29 is 9.32 Å². The summed E-state index contributed by atoms with van der Waals surface area (Å²) >= 11 is 0. The summed E-state index contributed by atoms with van der Waals surface area (Å²) in [6.45, 7) is 5.73. The van der Waals surface area contributed by atoms with Crippen molar-refractivity contribution in [3.05, 3.63) is 53.4 Å². The number of rotatable bonds is 8. The van der Waals surface area contributed by atoms with Crippen molar-refractivity contribution in [1.29, 1.82) is 0 Å². The highest BCUT2D eigenvalue weighted by Crippen LogP contribution is 2.20. The van der Waals surface area contributed by atoms with Crippen molar-refractivity contribution >= 4 is 5.91 Å². The zero-order valence-corrected chi connectivity index (χ0v) is 14.7. The van der Waals surface area contributed by atoms with Crippen LogP contribution in [0.5, 0.6) is 0 Å². The lowest BCUT2D eigenvalue weighted by Crippen LogP contribution is -2.38. The first-order valence-electron chi connectivity index (χ1n) is 8.50. The van der Waals surface area contributed by atoms with Gasteiger partial charge in [-0.25, -0.2) is 0 Å². The average Bonchev–Trinajstić information content (AvgIpc) is 3.04. The van der Waals surface area contributed by atoms with Crippen LogP contribution in [0.1, 0.15) is 61.6 Å². The molecule has 5 nitrogen and oxygen atoms in total. The van der Waals surface area contributed by atoms with E-state index in [1.165, 1.54) is 11.8 Å². The molecule has 1 atom stereocenters. The summed E-state index contributed by atoms with van der Waals surface area (Å²) < 4.78 is 4.97. The molecular weight excluding hydrogens is 302 g/mol. The molecule has 1 aromatic carbocycles. The van der Waals surface area contributed by atoms with Crippen LogP contribution in [-0.4, -0.2) is 17.1 Å². The molecule has 24 heavy (non-hydrogen) atoms. The molecule has 0 bridgehead atoms. The fourth-order valence-electron chi connectivity index (χ4n) is 2.75. The fraction of sp³-hybridized carbons (Fsp3) is 0.474. The maximum Gasteiger partial charge on any atom is 0.256 e. The van der Waals surface area contributed by atoms with Gasteiger partial charge in [-0.3, -0.25) is 4.79 Å². The highest BCUT2D eigenvalue weighted by atomic mass is 16.5. The minimum atomic E-state index is -0.718. The van der Waals surface area contributed by atoms with Gasteiger partial charge in [0.05, 0.1) is 5.54 Å². The lowest BCUT2D eigenvalue weighted by atomic mass is 9.97. The van der Waals surface area contributed by atoms with Crippen LogP contribution >= 0.6 is 0 Å². The first-order chi connectivity index (χ1) is 11.4. The Balaban J connectivity index is 2.02. The van der Waals surface area contributed by atoms with E-state index in [1.807, 2.05) is 18.2 Å². The molecule has 0 spiro atoms. The Morgan fingerprint density at radius 1 is 1.29 bits per heavy atom. The molecular formula is C19H27N3O2. The number of nitrogens with two attached hydrogens (primary N) is 1. The predicted molar refractivity (Wildman–Crippen MR) is 94.6 cm³/mol. The summed E-state index contributed by atoms with van der Waals surface area (Å²) in [5.74, 6) is -0.170. The summed E-state index contributed by atoms with van der Waals surface area (Å²) in [4.78, 5) is 12.6.